The van der Waals surface area contributed by atoms with Crippen LogP contribution in [0.4, 0.5) is 11.4 Å². The minimum Gasteiger partial charge on any atom is -0.423 e. The zero-order valence-corrected chi connectivity index (χ0v) is 18.3. The predicted molar refractivity (Wildman–Crippen MR) is 127 cm³/mol. The molecule has 0 heterocycles. The monoisotopic (exact) mass is 474 g/mol. The number of hydrogen-bond acceptors (Lipinski definition) is 8. The molecule has 0 fully saturated rings. The largest absolute Gasteiger partial charge is 0.423 e. The average molecular weight is 474 g/mol. The smallest absolute Gasteiger partial charge is 0.336 e. The fourth-order valence-corrected chi connectivity index (χ4v) is 2.82. The highest BCUT2D eigenvalue weighted by Crippen LogP contribution is 2.23. The van der Waals surface area contributed by atoms with E-state index in [0.717, 1.165) is 30.0 Å². The van der Waals surface area contributed by atoms with Crippen molar-refractivity contribution in [2.24, 2.45) is 5.10 Å². The van der Waals surface area contributed by atoms with Gasteiger partial charge in [-0.1, -0.05) is 29.8 Å². The fourth-order valence-electron chi connectivity index (χ4n) is 2.82. The maximum absolute atomic E-state index is 12.3. The molecule has 0 spiro atoms. The van der Waals surface area contributed by atoms with Crippen molar-refractivity contribution in [1.82, 2.24) is 5.43 Å². The van der Waals surface area contributed by atoms with E-state index >= 15 is 0 Å². The first kappa shape index (κ1) is 24.5. The van der Waals surface area contributed by atoms with Crippen molar-refractivity contribution in [2.45, 2.75) is 6.92 Å². The Morgan fingerprint density at radius 3 is 2.31 bits per heavy atom. The molecule has 0 radical (unpaired) electrons. The molecule has 0 atom stereocenters. The zero-order valence-electron chi connectivity index (χ0n) is 18.3. The van der Waals surface area contributed by atoms with E-state index in [1.807, 2.05) is 6.92 Å². The normalized spacial score (nSPS) is 10.9. The van der Waals surface area contributed by atoms with Crippen molar-refractivity contribution in [2.75, 3.05) is 0 Å². The summed E-state index contributed by atoms with van der Waals surface area (Å²) >= 11 is 0. The van der Waals surface area contributed by atoms with E-state index in [1.165, 1.54) is 30.3 Å². The number of hydrazone groups is 1. The molecular weight excluding hydrogens is 456 g/mol. The van der Waals surface area contributed by atoms with Crippen LogP contribution in [0, 0.1) is 27.2 Å². The molecule has 0 aliphatic rings. The van der Waals surface area contributed by atoms with Crippen LogP contribution >= 0.6 is 0 Å². The highest BCUT2D eigenvalue weighted by molar-refractivity contribution is 5.95. The SMILES string of the molecule is Cc1ccc(C(=O)N/N=C/c2cc([N+](=O)[O-])ccc2OC(=O)/C=C/c2cccc([N+](=O)[O-])c2)cc1. The molecule has 1 amide bonds. The van der Waals surface area contributed by atoms with Gasteiger partial charge in [-0.05, 0) is 36.8 Å². The van der Waals surface area contributed by atoms with Crippen LogP contribution in [0.15, 0.2) is 77.9 Å². The number of nitrogens with one attached hydrogen (secondary N) is 1. The quantitative estimate of drug-likeness (QED) is 0.128. The zero-order chi connectivity index (χ0) is 25.4. The highest BCUT2D eigenvalue weighted by atomic mass is 16.6. The maximum atomic E-state index is 12.3. The number of rotatable bonds is 8. The Kier molecular flexibility index (Phi) is 7.75. The van der Waals surface area contributed by atoms with Gasteiger partial charge in [-0.2, -0.15) is 5.10 Å². The second-order valence-electron chi connectivity index (χ2n) is 7.15. The number of non-ortho nitro benzene ring substituents is 2. The van der Waals surface area contributed by atoms with Crippen LogP contribution in [0.5, 0.6) is 5.75 Å². The van der Waals surface area contributed by atoms with Gasteiger partial charge in [0.05, 0.1) is 16.1 Å². The molecule has 3 aromatic carbocycles. The lowest BCUT2D eigenvalue weighted by molar-refractivity contribution is -0.385. The number of hydrogen-bond donors (Lipinski definition) is 1. The summed E-state index contributed by atoms with van der Waals surface area (Å²) in [6.45, 7) is 1.88. The van der Waals surface area contributed by atoms with Crippen LogP contribution < -0.4 is 10.2 Å². The van der Waals surface area contributed by atoms with Crippen LogP contribution in [0.2, 0.25) is 0 Å². The minimum atomic E-state index is -0.830. The summed E-state index contributed by atoms with van der Waals surface area (Å²) < 4.78 is 5.25. The van der Waals surface area contributed by atoms with Crippen molar-refractivity contribution in [3.63, 3.8) is 0 Å². The van der Waals surface area contributed by atoms with E-state index in [-0.39, 0.29) is 22.7 Å². The molecule has 0 saturated heterocycles. The standard InChI is InChI=1S/C24H18N4O7/c1-16-5-8-18(9-6-16)24(30)26-25-15-19-14-21(28(33)34)10-11-22(19)35-23(29)12-7-17-3-2-4-20(13-17)27(31)32/h2-15H,1H3,(H,26,30)/b12-7+,25-15+. The van der Waals surface area contributed by atoms with E-state index in [1.54, 1.807) is 30.3 Å². The number of esters is 1. The number of nitrogens with zero attached hydrogens (tertiary/aromatic N) is 3. The van der Waals surface area contributed by atoms with Gasteiger partial charge in [0.15, 0.2) is 0 Å². The van der Waals surface area contributed by atoms with Crippen molar-refractivity contribution < 1.29 is 24.2 Å². The molecule has 11 heteroatoms. The summed E-state index contributed by atoms with van der Waals surface area (Å²) in [6, 6.07) is 15.9. The van der Waals surface area contributed by atoms with E-state index in [9.17, 15) is 29.8 Å². The summed E-state index contributed by atoms with van der Waals surface area (Å²) in [5.41, 5.74) is 3.71. The third-order valence-electron chi connectivity index (χ3n) is 4.59. The summed E-state index contributed by atoms with van der Waals surface area (Å²) in [5, 5.41) is 25.8. The van der Waals surface area contributed by atoms with E-state index in [4.69, 9.17) is 4.74 Å². The van der Waals surface area contributed by atoms with Crippen molar-refractivity contribution in [1.29, 1.82) is 0 Å². The number of nitro groups is 2. The van der Waals surface area contributed by atoms with Gasteiger partial charge in [-0.3, -0.25) is 25.0 Å². The Hall–Kier alpha value is -5.19. The van der Waals surface area contributed by atoms with Gasteiger partial charge in [-0.25, -0.2) is 10.2 Å². The van der Waals surface area contributed by atoms with Gasteiger partial charge >= 0.3 is 5.97 Å². The molecule has 3 aromatic rings. The maximum Gasteiger partial charge on any atom is 0.336 e. The lowest BCUT2D eigenvalue weighted by Gasteiger charge is -2.06. The summed E-state index contributed by atoms with van der Waals surface area (Å²) in [6.07, 6.45) is 3.50. The fraction of sp³-hybridized carbons (Fsp3) is 0.0417. The van der Waals surface area contributed by atoms with Crippen molar-refractivity contribution in [3.05, 3.63) is 115 Å². The Morgan fingerprint density at radius 2 is 1.63 bits per heavy atom. The van der Waals surface area contributed by atoms with E-state index < -0.39 is 21.7 Å². The average Bonchev–Trinajstić information content (AvgIpc) is 2.84. The van der Waals surface area contributed by atoms with E-state index in [0.29, 0.717) is 11.1 Å². The van der Waals surface area contributed by atoms with Gasteiger partial charge in [0, 0.05) is 41.5 Å². The summed E-state index contributed by atoms with van der Waals surface area (Å²) in [4.78, 5) is 45.3. The molecule has 3 rings (SSSR count). The Bertz CT molecular complexity index is 1350. The van der Waals surface area contributed by atoms with Gasteiger partial charge in [0.2, 0.25) is 0 Å². The number of carbonyl (C=O) groups is 2. The molecule has 11 nitrogen and oxygen atoms in total. The summed E-state index contributed by atoms with van der Waals surface area (Å²) in [7, 11) is 0. The highest BCUT2D eigenvalue weighted by Gasteiger charge is 2.13. The van der Waals surface area contributed by atoms with Gasteiger partial charge in [-0.15, -0.1) is 0 Å². The van der Waals surface area contributed by atoms with Crippen LogP contribution in [0.3, 0.4) is 0 Å². The third-order valence-corrected chi connectivity index (χ3v) is 4.59. The molecular formula is C24H18N4O7. The van der Waals surface area contributed by atoms with Crippen LogP contribution in [-0.2, 0) is 4.79 Å². The summed E-state index contributed by atoms with van der Waals surface area (Å²) in [5.74, 6) is -1.37. The molecule has 0 bridgehead atoms. The lowest BCUT2D eigenvalue weighted by atomic mass is 10.1. The van der Waals surface area contributed by atoms with Crippen molar-refractivity contribution in [3.8, 4) is 5.75 Å². The van der Waals surface area contributed by atoms with Crippen LogP contribution in [0.25, 0.3) is 6.08 Å². The second kappa shape index (κ2) is 11.1. The molecule has 1 N–H and O–H groups in total. The molecule has 0 aliphatic heterocycles. The Balaban J connectivity index is 1.76. The topological polar surface area (TPSA) is 154 Å². The number of nitro benzene ring substituents is 2. The Labute approximate surface area is 198 Å². The van der Waals surface area contributed by atoms with Crippen LogP contribution in [0.1, 0.15) is 27.0 Å². The first-order valence-electron chi connectivity index (χ1n) is 10.1. The Morgan fingerprint density at radius 1 is 0.943 bits per heavy atom. The molecule has 0 unspecified atom stereocenters. The van der Waals surface area contributed by atoms with Crippen molar-refractivity contribution >= 4 is 35.5 Å². The van der Waals surface area contributed by atoms with Crippen LogP contribution in [-0.4, -0.2) is 27.9 Å². The molecule has 35 heavy (non-hydrogen) atoms. The molecule has 0 aromatic heterocycles. The molecule has 176 valence electrons. The first-order chi connectivity index (χ1) is 16.7. The van der Waals surface area contributed by atoms with Gasteiger partial charge < -0.3 is 4.74 Å². The number of aryl methyl sites for hydroxylation is 1. The van der Waals surface area contributed by atoms with E-state index in [2.05, 4.69) is 10.5 Å². The molecule has 0 aliphatic carbocycles. The third kappa shape index (κ3) is 6.89. The van der Waals surface area contributed by atoms with Gasteiger partial charge in [0.1, 0.15) is 5.75 Å². The lowest BCUT2D eigenvalue weighted by Crippen LogP contribution is -2.17. The number of carbonyl (C=O) groups excluding carboxylic acids is 2. The first-order valence-corrected chi connectivity index (χ1v) is 10.1. The minimum absolute atomic E-state index is 0.0439. The number of ether oxygens (including phenoxy) is 1. The number of benzene rings is 3. The second-order valence-corrected chi connectivity index (χ2v) is 7.15. The number of amides is 1. The molecule has 0 saturated carbocycles. The predicted octanol–water partition coefficient (Wildman–Crippen LogP) is 4.19. The van der Waals surface area contributed by atoms with Gasteiger partial charge in [0.25, 0.3) is 17.3 Å².